The average molecular weight is 368 g/mol. The second-order valence-electron chi connectivity index (χ2n) is 7.65. The zero-order valence-electron chi connectivity index (χ0n) is 16.0. The Labute approximate surface area is 165 Å². The number of para-hydroxylation sites is 1. The van der Waals surface area contributed by atoms with E-state index in [9.17, 15) is 4.79 Å². The second kappa shape index (κ2) is 7.16. The lowest BCUT2D eigenvalue weighted by molar-refractivity contribution is -0.117. The summed E-state index contributed by atoms with van der Waals surface area (Å²) in [6.07, 6.45) is 7.80. The first-order valence-electron chi connectivity index (χ1n) is 10.1. The van der Waals surface area contributed by atoms with Gasteiger partial charge >= 0.3 is 0 Å². The summed E-state index contributed by atoms with van der Waals surface area (Å²) < 4.78 is 0. The van der Waals surface area contributed by atoms with E-state index < -0.39 is 0 Å². The maximum atomic E-state index is 13.4. The van der Waals surface area contributed by atoms with E-state index in [0.717, 1.165) is 36.1 Å². The molecular formula is C25H24N2O. The molecule has 0 aliphatic carbocycles. The summed E-state index contributed by atoms with van der Waals surface area (Å²) in [5.41, 5.74) is 4.60. The lowest BCUT2D eigenvalue weighted by Gasteiger charge is -2.31. The average Bonchev–Trinajstić information content (AvgIpc) is 3.28. The van der Waals surface area contributed by atoms with E-state index in [0.29, 0.717) is 6.42 Å². The van der Waals surface area contributed by atoms with Gasteiger partial charge in [0.05, 0.1) is 17.8 Å². The number of allylic oxidation sites excluding steroid dienone is 1. The van der Waals surface area contributed by atoms with Crippen molar-refractivity contribution in [2.24, 2.45) is 0 Å². The first-order chi connectivity index (χ1) is 13.8. The highest BCUT2D eigenvalue weighted by molar-refractivity contribution is 6.03. The van der Waals surface area contributed by atoms with Gasteiger partial charge in [0.1, 0.15) is 0 Å². The number of hydrogen-bond acceptors (Lipinski definition) is 2. The summed E-state index contributed by atoms with van der Waals surface area (Å²) in [6.45, 7) is 2.15. The zero-order chi connectivity index (χ0) is 18.9. The first-order valence-corrected chi connectivity index (χ1v) is 10.1. The van der Waals surface area contributed by atoms with E-state index in [-0.39, 0.29) is 5.91 Å². The Morgan fingerprint density at radius 2 is 1.68 bits per heavy atom. The third kappa shape index (κ3) is 2.97. The molecule has 2 heterocycles. The summed E-state index contributed by atoms with van der Waals surface area (Å²) in [5.74, 6) is 0.125. The lowest BCUT2D eigenvalue weighted by Crippen LogP contribution is -2.32. The maximum Gasteiger partial charge on any atom is 0.235 e. The molecule has 28 heavy (non-hydrogen) atoms. The van der Waals surface area contributed by atoms with Crippen LogP contribution < -0.4 is 9.80 Å². The smallest absolute Gasteiger partial charge is 0.235 e. The Kier molecular flexibility index (Phi) is 4.36. The van der Waals surface area contributed by atoms with Gasteiger partial charge in [-0.1, -0.05) is 60.7 Å². The summed E-state index contributed by atoms with van der Waals surface area (Å²) in [5, 5.41) is 2.34. The predicted molar refractivity (Wildman–Crippen MR) is 116 cm³/mol. The fourth-order valence-electron chi connectivity index (χ4n) is 4.50. The summed E-state index contributed by atoms with van der Waals surface area (Å²) in [7, 11) is 0. The number of amides is 1. The van der Waals surface area contributed by atoms with Gasteiger partial charge in [0, 0.05) is 19.3 Å². The first kappa shape index (κ1) is 17.1. The predicted octanol–water partition coefficient (Wildman–Crippen LogP) is 5.09. The highest BCUT2D eigenvalue weighted by Gasteiger charge is 2.26. The Balaban J connectivity index is 1.51. The molecule has 0 unspecified atom stereocenters. The molecule has 1 saturated heterocycles. The largest absolute Gasteiger partial charge is 0.370 e. The Morgan fingerprint density at radius 3 is 2.57 bits per heavy atom. The molecule has 0 spiro atoms. The minimum Gasteiger partial charge on any atom is -0.370 e. The van der Waals surface area contributed by atoms with Crippen LogP contribution in [0.15, 0.2) is 72.9 Å². The molecule has 1 amide bonds. The minimum absolute atomic E-state index is 0.125. The molecule has 0 radical (unpaired) electrons. The van der Waals surface area contributed by atoms with Crippen molar-refractivity contribution in [3.8, 4) is 0 Å². The minimum atomic E-state index is 0.125. The van der Waals surface area contributed by atoms with Crippen LogP contribution in [0.2, 0.25) is 0 Å². The van der Waals surface area contributed by atoms with Crippen LogP contribution in [0.3, 0.4) is 0 Å². The van der Waals surface area contributed by atoms with Crippen LogP contribution in [0.5, 0.6) is 0 Å². The number of carbonyl (C=O) groups excluding carboxylic acids is 1. The standard InChI is InChI=1S/C25H24N2O/c28-24(18-21-11-5-9-19-8-1-2-13-22(19)21)27-17-7-12-20-10-6-14-23(25(20)27)26-15-3-4-16-26/h1-2,5-11,13-14,17H,3-4,12,15-16,18H2. The molecule has 0 saturated carbocycles. The van der Waals surface area contributed by atoms with Crippen LogP contribution in [0.25, 0.3) is 10.8 Å². The molecule has 3 aromatic rings. The van der Waals surface area contributed by atoms with E-state index in [1.807, 2.05) is 29.3 Å². The third-order valence-corrected chi connectivity index (χ3v) is 5.87. The summed E-state index contributed by atoms with van der Waals surface area (Å²) in [4.78, 5) is 17.7. The molecule has 2 aliphatic heterocycles. The van der Waals surface area contributed by atoms with Crippen molar-refractivity contribution in [1.29, 1.82) is 0 Å². The van der Waals surface area contributed by atoms with Gasteiger partial charge in [0.15, 0.2) is 0 Å². The van der Waals surface area contributed by atoms with Gasteiger partial charge in [-0.3, -0.25) is 9.69 Å². The lowest BCUT2D eigenvalue weighted by atomic mass is 10.00. The molecule has 0 aromatic heterocycles. The van der Waals surface area contributed by atoms with Gasteiger partial charge in [-0.25, -0.2) is 0 Å². The van der Waals surface area contributed by atoms with Gasteiger partial charge in [-0.2, -0.15) is 0 Å². The number of benzene rings is 3. The van der Waals surface area contributed by atoms with Gasteiger partial charge in [0.25, 0.3) is 0 Å². The quantitative estimate of drug-likeness (QED) is 0.643. The van der Waals surface area contributed by atoms with Crippen molar-refractivity contribution in [2.75, 3.05) is 22.9 Å². The number of fused-ring (bicyclic) bond motifs is 2. The van der Waals surface area contributed by atoms with Crippen LogP contribution >= 0.6 is 0 Å². The fraction of sp³-hybridized carbons (Fsp3) is 0.240. The van der Waals surface area contributed by atoms with E-state index in [2.05, 4.69) is 53.4 Å². The van der Waals surface area contributed by atoms with Crippen LogP contribution in [0, 0.1) is 0 Å². The number of hydrogen-bond donors (Lipinski definition) is 0. The van der Waals surface area contributed by atoms with Crippen molar-refractivity contribution in [3.63, 3.8) is 0 Å². The highest BCUT2D eigenvalue weighted by atomic mass is 16.2. The summed E-state index contributed by atoms with van der Waals surface area (Å²) in [6, 6.07) is 20.9. The van der Waals surface area contributed by atoms with Crippen molar-refractivity contribution in [2.45, 2.75) is 25.7 Å². The third-order valence-electron chi connectivity index (χ3n) is 5.87. The SMILES string of the molecule is O=C(Cc1cccc2ccccc12)N1C=CCc2cccc(N3CCCC3)c21. The van der Waals surface area contributed by atoms with Crippen LogP contribution in [-0.4, -0.2) is 19.0 Å². The molecule has 5 rings (SSSR count). The fourth-order valence-corrected chi connectivity index (χ4v) is 4.50. The van der Waals surface area contributed by atoms with Crippen molar-refractivity contribution < 1.29 is 4.79 Å². The number of rotatable bonds is 3. The van der Waals surface area contributed by atoms with Gasteiger partial charge < -0.3 is 4.90 Å². The van der Waals surface area contributed by atoms with Crippen molar-refractivity contribution >= 4 is 28.1 Å². The molecule has 2 aliphatic rings. The molecule has 3 nitrogen and oxygen atoms in total. The highest BCUT2D eigenvalue weighted by Crippen LogP contribution is 2.38. The van der Waals surface area contributed by atoms with Crippen molar-refractivity contribution in [3.05, 3.63) is 84.1 Å². The Morgan fingerprint density at radius 1 is 0.893 bits per heavy atom. The van der Waals surface area contributed by atoms with Crippen molar-refractivity contribution in [1.82, 2.24) is 0 Å². The van der Waals surface area contributed by atoms with Gasteiger partial charge in [-0.15, -0.1) is 0 Å². The van der Waals surface area contributed by atoms with Gasteiger partial charge in [0.2, 0.25) is 5.91 Å². The van der Waals surface area contributed by atoms with E-state index >= 15 is 0 Å². The zero-order valence-corrected chi connectivity index (χ0v) is 16.0. The molecule has 3 heteroatoms. The van der Waals surface area contributed by atoms with Crippen LogP contribution in [0.1, 0.15) is 24.0 Å². The number of carbonyl (C=O) groups is 1. The molecular weight excluding hydrogens is 344 g/mol. The topological polar surface area (TPSA) is 23.6 Å². The molecule has 0 bridgehead atoms. The van der Waals surface area contributed by atoms with E-state index in [1.54, 1.807) is 0 Å². The van der Waals surface area contributed by atoms with E-state index in [4.69, 9.17) is 0 Å². The molecule has 0 N–H and O–H groups in total. The van der Waals surface area contributed by atoms with Crippen LogP contribution in [0.4, 0.5) is 11.4 Å². The molecule has 1 fully saturated rings. The Bertz CT molecular complexity index is 1060. The maximum absolute atomic E-state index is 13.4. The normalized spacial score (nSPS) is 15.9. The molecule has 0 atom stereocenters. The van der Waals surface area contributed by atoms with Gasteiger partial charge in [-0.05, 0) is 47.2 Å². The molecule has 140 valence electrons. The van der Waals surface area contributed by atoms with Crippen LogP contribution in [-0.2, 0) is 17.6 Å². The molecule has 3 aromatic carbocycles. The monoisotopic (exact) mass is 368 g/mol. The number of nitrogens with zero attached hydrogens (tertiary/aromatic N) is 2. The Hall–Kier alpha value is -3.07. The summed E-state index contributed by atoms with van der Waals surface area (Å²) >= 11 is 0. The second-order valence-corrected chi connectivity index (χ2v) is 7.65. The van der Waals surface area contributed by atoms with E-state index in [1.165, 1.54) is 29.5 Å². The number of anilines is 2.